The van der Waals surface area contributed by atoms with Crippen molar-refractivity contribution in [2.24, 2.45) is 17.8 Å². The molecule has 0 saturated carbocycles. The lowest BCUT2D eigenvalue weighted by atomic mass is 9.78. The van der Waals surface area contributed by atoms with Gasteiger partial charge in [0.25, 0.3) is 0 Å². The minimum atomic E-state index is -1.09. The van der Waals surface area contributed by atoms with Crippen molar-refractivity contribution in [1.29, 1.82) is 0 Å². The molecule has 1 aliphatic carbocycles. The minimum absolute atomic E-state index is 0.0111. The maximum absolute atomic E-state index is 13.6. The lowest BCUT2D eigenvalue weighted by Crippen LogP contribution is -2.31. The molecule has 228 valence electrons. The van der Waals surface area contributed by atoms with E-state index < -0.39 is 17.9 Å². The standard InChI is InChI=1S/C35H27BrCl2N2O5/c1-17-6-4-9-24-29(17)34(43)40(33(24)42)23-12-10-20(11-13-23)28-16-26(25-15-27(36)30(38)18(2)31(25)39-28)35(44)45-19(3)32(41)21-7-5-8-22(37)14-21/h4-8,10-17,19,24,29H,9H2,1-3H3. The molecule has 4 unspecified atom stereocenters. The number of pyridine rings is 1. The second-order valence-corrected chi connectivity index (χ2v) is 13.1. The van der Waals surface area contributed by atoms with Crippen LogP contribution in [0.1, 0.15) is 46.5 Å². The summed E-state index contributed by atoms with van der Waals surface area (Å²) in [7, 11) is 0. The zero-order valence-corrected chi connectivity index (χ0v) is 27.6. The zero-order valence-electron chi connectivity index (χ0n) is 24.5. The van der Waals surface area contributed by atoms with Crippen LogP contribution >= 0.6 is 39.1 Å². The van der Waals surface area contributed by atoms with E-state index in [9.17, 15) is 19.2 Å². The van der Waals surface area contributed by atoms with Crippen molar-refractivity contribution in [3.63, 3.8) is 0 Å². The van der Waals surface area contributed by atoms with Crippen LogP contribution in [0.2, 0.25) is 10.0 Å². The van der Waals surface area contributed by atoms with Crippen molar-refractivity contribution >= 4 is 79.3 Å². The number of allylic oxidation sites excluding steroid dienone is 2. The number of carbonyl (C=O) groups excluding carboxylic acids is 4. The van der Waals surface area contributed by atoms with Crippen LogP contribution in [0.4, 0.5) is 5.69 Å². The number of esters is 1. The summed E-state index contributed by atoms with van der Waals surface area (Å²) >= 11 is 16.1. The third-order valence-corrected chi connectivity index (χ3v) is 10.1. The SMILES string of the molecule is Cc1c(Cl)c(Br)cc2c(C(=O)OC(C)C(=O)c3cccc(Cl)c3)cc(-c3ccc(N4C(=O)C5CC=CC(C)C5C4=O)cc3)nc12. The molecule has 1 aliphatic heterocycles. The maximum atomic E-state index is 13.6. The normalized spacial score (nSPS) is 20.0. The smallest absolute Gasteiger partial charge is 0.339 e. The molecular weight excluding hydrogens is 679 g/mol. The number of benzene rings is 3. The van der Waals surface area contributed by atoms with Crippen molar-refractivity contribution in [1.82, 2.24) is 4.98 Å². The van der Waals surface area contributed by atoms with Gasteiger partial charge in [0.1, 0.15) is 0 Å². The van der Waals surface area contributed by atoms with E-state index in [1.807, 2.05) is 19.1 Å². The highest BCUT2D eigenvalue weighted by atomic mass is 79.9. The van der Waals surface area contributed by atoms with E-state index in [1.165, 1.54) is 17.9 Å². The molecule has 1 saturated heterocycles. The van der Waals surface area contributed by atoms with Crippen molar-refractivity contribution in [3.8, 4) is 11.3 Å². The number of imide groups is 1. The molecule has 4 atom stereocenters. The third kappa shape index (κ3) is 5.60. The summed E-state index contributed by atoms with van der Waals surface area (Å²) < 4.78 is 6.25. The van der Waals surface area contributed by atoms with Crippen LogP contribution in [0.25, 0.3) is 22.2 Å². The van der Waals surface area contributed by atoms with Crippen molar-refractivity contribution < 1.29 is 23.9 Å². The van der Waals surface area contributed by atoms with Gasteiger partial charge in [-0.3, -0.25) is 19.3 Å². The van der Waals surface area contributed by atoms with Gasteiger partial charge in [-0.05, 0) is 84.1 Å². The Labute approximate surface area is 278 Å². The van der Waals surface area contributed by atoms with Crippen molar-refractivity contribution in [2.75, 3.05) is 4.90 Å². The quantitative estimate of drug-likeness (QED) is 0.0866. The Balaban J connectivity index is 1.35. The van der Waals surface area contributed by atoms with Gasteiger partial charge in [-0.2, -0.15) is 0 Å². The number of amides is 2. The second kappa shape index (κ2) is 12.2. The zero-order chi connectivity index (χ0) is 32.2. The number of rotatable bonds is 6. The van der Waals surface area contributed by atoms with Gasteiger partial charge in [-0.25, -0.2) is 9.78 Å². The van der Waals surface area contributed by atoms with E-state index >= 15 is 0 Å². The maximum Gasteiger partial charge on any atom is 0.339 e. The molecule has 6 rings (SSSR count). The first-order valence-corrected chi connectivity index (χ1v) is 16.0. The van der Waals surface area contributed by atoms with E-state index in [0.717, 1.165) is 0 Å². The lowest BCUT2D eigenvalue weighted by Gasteiger charge is -2.22. The molecule has 2 aliphatic rings. The number of anilines is 1. The Bertz CT molecular complexity index is 1940. The monoisotopic (exact) mass is 704 g/mol. The number of fused-ring (bicyclic) bond motifs is 2. The number of hydrogen-bond donors (Lipinski definition) is 0. The Morgan fingerprint density at radius 2 is 1.78 bits per heavy atom. The van der Waals surface area contributed by atoms with Gasteiger partial charge in [0.2, 0.25) is 17.6 Å². The van der Waals surface area contributed by atoms with Crippen molar-refractivity contribution in [3.05, 3.63) is 104 Å². The van der Waals surface area contributed by atoms with Crippen LogP contribution in [0, 0.1) is 24.7 Å². The van der Waals surface area contributed by atoms with Gasteiger partial charge in [0.15, 0.2) is 6.10 Å². The van der Waals surface area contributed by atoms with Crippen LogP contribution in [-0.2, 0) is 14.3 Å². The molecule has 10 heteroatoms. The number of aryl methyl sites for hydroxylation is 1. The average molecular weight is 706 g/mol. The van der Waals surface area contributed by atoms with Crippen LogP contribution in [0.5, 0.6) is 0 Å². The fourth-order valence-electron chi connectivity index (χ4n) is 6.11. The van der Waals surface area contributed by atoms with E-state index in [4.69, 9.17) is 32.9 Å². The molecule has 45 heavy (non-hydrogen) atoms. The summed E-state index contributed by atoms with van der Waals surface area (Å²) in [6, 6.07) is 16.7. The second-order valence-electron chi connectivity index (χ2n) is 11.4. The highest BCUT2D eigenvalue weighted by Gasteiger charge is 2.50. The van der Waals surface area contributed by atoms with Gasteiger partial charge in [-0.15, -0.1) is 0 Å². The topological polar surface area (TPSA) is 93.6 Å². The number of aromatic nitrogens is 1. The van der Waals surface area contributed by atoms with Gasteiger partial charge >= 0.3 is 5.97 Å². The average Bonchev–Trinajstić information content (AvgIpc) is 3.29. The molecule has 0 N–H and O–H groups in total. The van der Waals surface area contributed by atoms with E-state index in [0.29, 0.717) is 59.9 Å². The molecule has 1 aromatic heterocycles. The predicted molar refractivity (Wildman–Crippen MR) is 178 cm³/mol. The highest BCUT2D eigenvalue weighted by molar-refractivity contribution is 9.10. The number of nitrogens with zero attached hydrogens (tertiary/aromatic N) is 2. The first kappa shape index (κ1) is 31.1. The van der Waals surface area contributed by atoms with E-state index in [-0.39, 0.29) is 35.1 Å². The fraction of sp³-hybridized carbons (Fsp3) is 0.229. The number of hydrogen-bond acceptors (Lipinski definition) is 6. The Hall–Kier alpha value is -3.85. The molecule has 0 radical (unpaired) electrons. The molecule has 2 heterocycles. The summed E-state index contributed by atoms with van der Waals surface area (Å²) in [5, 5.41) is 1.34. The molecule has 7 nitrogen and oxygen atoms in total. The number of carbonyl (C=O) groups is 4. The molecule has 0 spiro atoms. The Morgan fingerprint density at radius 1 is 1.04 bits per heavy atom. The third-order valence-electron chi connectivity index (χ3n) is 8.50. The van der Waals surface area contributed by atoms with Gasteiger partial charge in [0, 0.05) is 26.0 Å². The van der Waals surface area contributed by atoms with E-state index in [1.54, 1.807) is 61.5 Å². The molecule has 3 aromatic carbocycles. The minimum Gasteiger partial charge on any atom is -0.451 e. The summed E-state index contributed by atoms with van der Waals surface area (Å²) in [6.07, 6.45) is 3.43. The number of ether oxygens (including phenoxy) is 1. The van der Waals surface area contributed by atoms with E-state index in [2.05, 4.69) is 15.9 Å². The number of halogens is 3. The van der Waals surface area contributed by atoms with Crippen LogP contribution < -0.4 is 4.90 Å². The summed E-state index contributed by atoms with van der Waals surface area (Å²) in [4.78, 5) is 59.3. The predicted octanol–water partition coefficient (Wildman–Crippen LogP) is 8.41. The first-order valence-electron chi connectivity index (χ1n) is 14.4. The number of Topliss-reactive ketones (excluding diaryl/α,β-unsaturated/α-hetero) is 1. The molecule has 4 aromatic rings. The van der Waals surface area contributed by atoms with Crippen LogP contribution in [0.3, 0.4) is 0 Å². The van der Waals surface area contributed by atoms with Gasteiger partial charge in [-0.1, -0.05) is 66.5 Å². The summed E-state index contributed by atoms with van der Waals surface area (Å²) in [6.45, 7) is 5.27. The number of ketones is 1. The van der Waals surface area contributed by atoms with Gasteiger partial charge in [0.05, 0.1) is 39.3 Å². The molecule has 0 bridgehead atoms. The lowest BCUT2D eigenvalue weighted by molar-refractivity contribution is -0.122. The summed E-state index contributed by atoms with van der Waals surface area (Å²) in [5.41, 5.74) is 3.22. The highest BCUT2D eigenvalue weighted by Crippen LogP contribution is 2.41. The molecule has 1 fully saturated rings. The van der Waals surface area contributed by atoms with Crippen LogP contribution in [-0.4, -0.2) is 34.7 Å². The van der Waals surface area contributed by atoms with Gasteiger partial charge < -0.3 is 4.74 Å². The fourth-order valence-corrected chi connectivity index (χ4v) is 6.97. The molecular formula is C35H27BrCl2N2O5. The van der Waals surface area contributed by atoms with Crippen LogP contribution in [0.15, 0.2) is 77.3 Å². The Kier molecular flexibility index (Phi) is 8.41. The first-order chi connectivity index (χ1) is 21.5. The largest absolute Gasteiger partial charge is 0.451 e. The molecule has 2 amide bonds. The van der Waals surface area contributed by atoms with Crippen molar-refractivity contribution in [2.45, 2.75) is 33.3 Å². The summed E-state index contributed by atoms with van der Waals surface area (Å²) in [5.74, 6) is -2.22. The Morgan fingerprint density at radius 3 is 2.47 bits per heavy atom.